The fourth-order valence-electron chi connectivity index (χ4n) is 1.95. The third-order valence-electron chi connectivity index (χ3n) is 2.98. The largest absolute Gasteiger partial charge is 0.497 e. The fraction of sp³-hybridized carbons (Fsp3) is 0.154. The Morgan fingerprint density at radius 2 is 2.18 bits per heavy atom. The summed E-state index contributed by atoms with van der Waals surface area (Å²) in [6, 6.07) is 6.36. The Balaban J connectivity index is 2.71. The number of benzene rings is 1. The summed E-state index contributed by atoms with van der Waals surface area (Å²) in [5, 5.41) is 28.3. The first-order chi connectivity index (χ1) is 10.5. The summed E-state index contributed by atoms with van der Waals surface area (Å²) >= 11 is 1.23. The number of thioether (sulfide) groups is 1. The van der Waals surface area contributed by atoms with E-state index >= 15 is 0 Å². The fourth-order valence-corrected chi connectivity index (χ4v) is 2.32. The van der Waals surface area contributed by atoms with Crippen LogP contribution in [0.3, 0.4) is 0 Å². The van der Waals surface area contributed by atoms with Crippen LogP contribution in [0.25, 0.3) is 11.3 Å². The van der Waals surface area contributed by atoms with Gasteiger partial charge in [0.05, 0.1) is 12.8 Å². The highest BCUT2D eigenvalue weighted by atomic mass is 32.2. The first-order valence-corrected chi connectivity index (χ1v) is 7.37. The Morgan fingerprint density at radius 1 is 1.45 bits per heavy atom. The molecule has 112 valence electrons. The third-order valence-corrected chi connectivity index (χ3v) is 3.56. The van der Waals surface area contributed by atoms with E-state index in [0.717, 1.165) is 0 Å². The smallest absolute Gasteiger partial charge is 0.492 e. The molecule has 0 radical (unpaired) electrons. The molecule has 7 nitrogen and oxygen atoms in total. The molecule has 9 heteroatoms. The Labute approximate surface area is 130 Å². The van der Waals surface area contributed by atoms with Crippen molar-refractivity contribution in [3.63, 3.8) is 0 Å². The van der Waals surface area contributed by atoms with Gasteiger partial charge in [-0.1, -0.05) is 11.8 Å². The number of aromatic nitrogens is 2. The number of H-pyrrole nitrogens is 1. The summed E-state index contributed by atoms with van der Waals surface area (Å²) in [5.74, 6) is 0.284. The molecule has 3 N–H and O–H groups in total. The highest BCUT2D eigenvalue weighted by molar-refractivity contribution is 7.98. The molecule has 1 heterocycles. The van der Waals surface area contributed by atoms with Crippen molar-refractivity contribution in [2.45, 2.75) is 5.16 Å². The SMILES string of the molecule is COc1ccc(-c2nc(SC)[nH]c(=O)c2C#N)cc1B(O)O. The molecule has 0 aliphatic heterocycles. The second-order valence-electron chi connectivity index (χ2n) is 4.24. The first kappa shape index (κ1) is 16.1. The molecule has 0 amide bonds. The van der Waals surface area contributed by atoms with Gasteiger partial charge in [0.1, 0.15) is 17.4 Å². The van der Waals surface area contributed by atoms with Crippen LogP contribution in [0.2, 0.25) is 0 Å². The van der Waals surface area contributed by atoms with E-state index in [2.05, 4.69) is 9.97 Å². The second kappa shape index (κ2) is 6.66. The van der Waals surface area contributed by atoms with Crippen molar-refractivity contribution >= 4 is 24.3 Å². The molecule has 0 aliphatic carbocycles. The predicted molar refractivity (Wildman–Crippen MR) is 83.2 cm³/mol. The van der Waals surface area contributed by atoms with Gasteiger partial charge >= 0.3 is 7.12 Å². The van der Waals surface area contributed by atoms with Gasteiger partial charge in [0.2, 0.25) is 0 Å². The maximum Gasteiger partial charge on any atom is 0.492 e. The van der Waals surface area contributed by atoms with Gasteiger partial charge in [-0.25, -0.2) is 4.98 Å². The molecule has 0 atom stereocenters. The number of rotatable bonds is 4. The van der Waals surface area contributed by atoms with Crippen molar-refractivity contribution in [1.29, 1.82) is 5.26 Å². The van der Waals surface area contributed by atoms with Crippen molar-refractivity contribution in [2.75, 3.05) is 13.4 Å². The van der Waals surface area contributed by atoms with Crippen LogP contribution in [0.4, 0.5) is 0 Å². The molecular weight excluding hydrogens is 305 g/mol. The Kier molecular flexibility index (Phi) is 4.87. The van der Waals surface area contributed by atoms with E-state index in [0.29, 0.717) is 10.7 Å². The molecule has 1 aromatic carbocycles. The van der Waals surface area contributed by atoms with Crippen LogP contribution in [0.1, 0.15) is 5.56 Å². The molecule has 0 saturated heterocycles. The molecular formula is C13H12BN3O4S. The minimum Gasteiger partial charge on any atom is -0.497 e. The number of hydrogen-bond acceptors (Lipinski definition) is 7. The summed E-state index contributed by atoms with van der Waals surface area (Å²) in [6.07, 6.45) is 1.74. The zero-order chi connectivity index (χ0) is 16.3. The van der Waals surface area contributed by atoms with Crippen LogP contribution in [0.5, 0.6) is 5.75 Å². The average Bonchev–Trinajstić information content (AvgIpc) is 2.53. The maximum absolute atomic E-state index is 11.9. The van der Waals surface area contributed by atoms with E-state index in [1.807, 2.05) is 6.07 Å². The number of hydrogen-bond donors (Lipinski definition) is 3. The average molecular weight is 317 g/mol. The van der Waals surface area contributed by atoms with Crippen LogP contribution in [-0.4, -0.2) is 40.5 Å². The van der Waals surface area contributed by atoms with E-state index in [1.165, 1.54) is 31.0 Å². The molecule has 0 spiro atoms. The monoisotopic (exact) mass is 317 g/mol. The summed E-state index contributed by atoms with van der Waals surface area (Å²) in [4.78, 5) is 18.6. The quantitative estimate of drug-likeness (QED) is 0.403. The Bertz CT molecular complexity index is 801. The van der Waals surface area contributed by atoms with Crippen molar-refractivity contribution < 1.29 is 14.8 Å². The van der Waals surface area contributed by atoms with Gasteiger partial charge in [0.25, 0.3) is 5.56 Å². The summed E-state index contributed by atoms with van der Waals surface area (Å²) in [7, 11) is -0.346. The molecule has 0 aliphatic rings. The zero-order valence-corrected chi connectivity index (χ0v) is 12.6. The van der Waals surface area contributed by atoms with Crippen LogP contribution < -0.4 is 15.8 Å². The first-order valence-electron chi connectivity index (χ1n) is 6.14. The lowest BCUT2D eigenvalue weighted by Gasteiger charge is -2.11. The summed E-state index contributed by atoms with van der Waals surface area (Å²) < 4.78 is 5.05. The van der Waals surface area contributed by atoms with Gasteiger partial charge < -0.3 is 19.8 Å². The van der Waals surface area contributed by atoms with Crippen LogP contribution in [0, 0.1) is 11.3 Å². The lowest BCUT2D eigenvalue weighted by molar-refractivity contribution is 0.403. The Morgan fingerprint density at radius 3 is 2.73 bits per heavy atom. The van der Waals surface area contributed by atoms with Gasteiger partial charge in [0.15, 0.2) is 5.16 Å². The van der Waals surface area contributed by atoms with E-state index in [4.69, 9.17) is 10.00 Å². The van der Waals surface area contributed by atoms with Crippen molar-refractivity contribution in [3.8, 4) is 23.1 Å². The predicted octanol–water partition coefficient (Wildman–Crippen LogP) is -0.281. The highest BCUT2D eigenvalue weighted by Crippen LogP contribution is 2.22. The summed E-state index contributed by atoms with van der Waals surface area (Å²) in [5.41, 5.74) is 0.0405. The number of nitrogens with one attached hydrogen (secondary N) is 1. The maximum atomic E-state index is 11.9. The second-order valence-corrected chi connectivity index (χ2v) is 5.04. The molecule has 2 rings (SSSR count). The number of ether oxygens (including phenoxy) is 1. The molecule has 0 fully saturated rings. The normalized spacial score (nSPS) is 10.1. The lowest BCUT2D eigenvalue weighted by atomic mass is 9.78. The zero-order valence-electron chi connectivity index (χ0n) is 11.8. The molecule has 0 bridgehead atoms. The van der Waals surface area contributed by atoms with Crippen molar-refractivity contribution in [3.05, 3.63) is 34.1 Å². The third kappa shape index (κ3) is 2.99. The van der Waals surface area contributed by atoms with Crippen molar-refractivity contribution in [2.24, 2.45) is 0 Å². The number of methoxy groups -OCH3 is 1. The minimum atomic E-state index is -1.75. The van der Waals surface area contributed by atoms with E-state index < -0.39 is 12.7 Å². The standard InChI is InChI=1S/C13H12BN3O4S/c1-21-10-4-3-7(5-9(10)14(19)20)11-8(6-15)12(18)17-13(16-11)22-2/h3-5,19-20H,1-2H3,(H,16,17,18). The van der Waals surface area contributed by atoms with Gasteiger partial charge in [-0.15, -0.1) is 0 Å². The molecule has 0 saturated carbocycles. The summed E-state index contributed by atoms with van der Waals surface area (Å²) in [6.45, 7) is 0. The van der Waals surface area contributed by atoms with E-state index in [1.54, 1.807) is 12.3 Å². The molecule has 0 unspecified atom stereocenters. The van der Waals surface area contributed by atoms with Gasteiger partial charge in [-0.05, 0) is 24.5 Å². The van der Waals surface area contributed by atoms with Crippen LogP contribution in [0.15, 0.2) is 28.2 Å². The number of nitrogens with zero attached hydrogens (tertiary/aromatic N) is 2. The van der Waals surface area contributed by atoms with Crippen LogP contribution in [-0.2, 0) is 0 Å². The Hall–Kier alpha value is -2.28. The lowest BCUT2D eigenvalue weighted by Crippen LogP contribution is -2.31. The highest BCUT2D eigenvalue weighted by Gasteiger charge is 2.20. The number of nitriles is 1. The van der Waals surface area contributed by atoms with Crippen LogP contribution >= 0.6 is 11.8 Å². The minimum absolute atomic E-state index is 0.122. The van der Waals surface area contributed by atoms with E-state index in [-0.39, 0.29) is 22.5 Å². The topological polar surface area (TPSA) is 119 Å². The van der Waals surface area contributed by atoms with E-state index in [9.17, 15) is 14.8 Å². The van der Waals surface area contributed by atoms with Gasteiger partial charge in [0, 0.05) is 11.0 Å². The van der Waals surface area contributed by atoms with Gasteiger partial charge in [-0.3, -0.25) is 4.79 Å². The molecule has 2 aromatic rings. The van der Waals surface area contributed by atoms with Gasteiger partial charge in [-0.2, -0.15) is 5.26 Å². The molecule has 1 aromatic heterocycles. The molecule has 22 heavy (non-hydrogen) atoms. The number of aromatic amines is 1. The van der Waals surface area contributed by atoms with Crippen molar-refractivity contribution in [1.82, 2.24) is 9.97 Å².